The largest absolute Gasteiger partial charge is 0.364 e. The Balaban J connectivity index is 1.56. The minimum absolute atomic E-state index is 0.652. The van der Waals surface area contributed by atoms with E-state index in [1.54, 1.807) is 21.8 Å². The van der Waals surface area contributed by atoms with Gasteiger partial charge < -0.3 is 5.32 Å². The first-order valence-electron chi connectivity index (χ1n) is 6.26. The molecule has 0 fully saturated rings. The first-order valence-corrected chi connectivity index (χ1v) is 7.08. The Bertz CT molecular complexity index is 709. The highest BCUT2D eigenvalue weighted by Crippen LogP contribution is 2.30. The standard InChI is InChI=1S/C12H12N6S/c1-2-8-4-9(19-10(8)3-1)5-14-11-6-13-7-12-15-16-17-18(11)12/h4,6-7,14H,1-3,5H2. The SMILES string of the molecule is c1c(CNc2cncc3nnnn23)sc2c1CCC2. The van der Waals surface area contributed by atoms with Crippen LogP contribution >= 0.6 is 11.3 Å². The summed E-state index contributed by atoms with van der Waals surface area (Å²) >= 11 is 1.90. The van der Waals surface area contributed by atoms with Crippen molar-refractivity contribution in [2.75, 3.05) is 5.32 Å². The molecule has 0 amide bonds. The molecule has 1 aliphatic rings. The van der Waals surface area contributed by atoms with Gasteiger partial charge in [0.05, 0.1) is 18.9 Å². The summed E-state index contributed by atoms with van der Waals surface area (Å²) < 4.78 is 1.66. The first kappa shape index (κ1) is 10.9. The summed E-state index contributed by atoms with van der Waals surface area (Å²) in [5.74, 6) is 0.816. The lowest BCUT2D eigenvalue weighted by atomic mass is 10.2. The molecule has 6 nitrogen and oxygen atoms in total. The molecule has 0 atom stereocenters. The molecular formula is C12H12N6S. The quantitative estimate of drug-likeness (QED) is 0.785. The third-order valence-electron chi connectivity index (χ3n) is 3.35. The van der Waals surface area contributed by atoms with Crippen LogP contribution in [0.15, 0.2) is 18.5 Å². The number of fused-ring (bicyclic) bond motifs is 2. The zero-order chi connectivity index (χ0) is 12.7. The zero-order valence-corrected chi connectivity index (χ0v) is 11.0. The summed E-state index contributed by atoms with van der Waals surface area (Å²) in [6.07, 6.45) is 7.17. The Morgan fingerprint density at radius 3 is 3.26 bits per heavy atom. The molecule has 19 heavy (non-hydrogen) atoms. The van der Waals surface area contributed by atoms with Gasteiger partial charge in [-0.2, -0.15) is 4.52 Å². The average molecular weight is 272 g/mol. The number of aryl methyl sites for hydroxylation is 2. The molecule has 0 spiro atoms. The molecule has 0 bridgehead atoms. The number of tetrazole rings is 1. The van der Waals surface area contributed by atoms with Crippen molar-refractivity contribution >= 4 is 22.8 Å². The van der Waals surface area contributed by atoms with Crippen LogP contribution in [0.1, 0.15) is 21.7 Å². The summed E-state index contributed by atoms with van der Waals surface area (Å²) in [5, 5.41) is 14.8. The lowest BCUT2D eigenvalue weighted by Crippen LogP contribution is -2.04. The van der Waals surface area contributed by atoms with Crippen LogP contribution < -0.4 is 5.32 Å². The molecule has 1 aliphatic carbocycles. The number of hydrogen-bond acceptors (Lipinski definition) is 6. The van der Waals surface area contributed by atoms with E-state index < -0.39 is 0 Å². The second kappa shape index (κ2) is 4.27. The fraction of sp³-hybridized carbons (Fsp3) is 0.333. The van der Waals surface area contributed by atoms with Gasteiger partial charge in [-0.1, -0.05) is 0 Å². The maximum absolute atomic E-state index is 4.13. The maximum Gasteiger partial charge on any atom is 0.199 e. The first-order chi connectivity index (χ1) is 9.40. The lowest BCUT2D eigenvalue weighted by molar-refractivity contribution is 0.820. The number of rotatable bonds is 3. The zero-order valence-electron chi connectivity index (χ0n) is 10.2. The maximum atomic E-state index is 4.13. The van der Waals surface area contributed by atoms with Crippen LogP contribution in [0.25, 0.3) is 5.65 Å². The average Bonchev–Trinajstić information content (AvgIpc) is 3.10. The van der Waals surface area contributed by atoms with Crippen LogP contribution in [0, 0.1) is 0 Å². The summed E-state index contributed by atoms with van der Waals surface area (Å²) in [5.41, 5.74) is 2.18. The molecule has 3 heterocycles. The second-order valence-corrected chi connectivity index (χ2v) is 5.83. The number of nitrogens with zero attached hydrogens (tertiary/aromatic N) is 5. The molecule has 96 valence electrons. The number of nitrogens with one attached hydrogen (secondary N) is 1. The fourth-order valence-corrected chi connectivity index (χ4v) is 3.65. The molecule has 4 rings (SSSR count). The smallest absolute Gasteiger partial charge is 0.199 e. The van der Waals surface area contributed by atoms with Gasteiger partial charge in [0.15, 0.2) is 11.5 Å². The Morgan fingerprint density at radius 1 is 1.32 bits per heavy atom. The number of hydrogen-bond donors (Lipinski definition) is 1. The minimum atomic E-state index is 0.652. The van der Waals surface area contributed by atoms with Crippen molar-refractivity contribution in [2.24, 2.45) is 0 Å². The highest BCUT2D eigenvalue weighted by atomic mass is 32.1. The monoisotopic (exact) mass is 272 g/mol. The van der Waals surface area contributed by atoms with Gasteiger partial charge in [-0.3, -0.25) is 4.98 Å². The molecular weight excluding hydrogens is 260 g/mol. The van der Waals surface area contributed by atoms with E-state index in [4.69, 9.17) is 0 Å². The minimum Gasteiger partial charge on any atom is -0.364 e. The van der Waals surface area contributed by atoms with Crippen molar-refractivity contribution in [3.8, 4) is 0 Å². The van der Waals surface area contributed by atoms with Crippen LogP contribution in [-0.4, -0.2) is 25.0 Å². The molecule has 0 aromatic carbocycles. The Hall–Kier alpha value is -2.02. The van der Waals surface area contributed by atoms with Crippen LogP contribution in [-0.2, 0) is 19.4 Å². The molecule has 7 heteroatoms. The molecule has 0 aliphatic heterocycles. The highest BCUT2D eigenvalue weighted by Gasteiger charge is 2.14. The van der Waals surface area contributed by atoms with E-state index in [1.807, 2.05) is 11.3 Å². The van der Waals surface area contributed by atoms with E-state index in [0.29, 0.717) is 5.65 Å². The van der Waals surface area contributed by atoms with Gasteiger partial charge in [-0.15, -0.1) is 16.4 Å². The second-order valence-electron chi connectivity index (χ2n) is 4.61. The van der Waals surface area contributed by atoms with Crippen molar-refractivity contribution in [3.63, 3.8) is 0 Å². The van der Waals surface area contributed by atoms with E-state index in [2.05, 4.69) is 31.9 Å². The summed E-state index contributed by atoms with van der Waals surface area (Å²) in [7, 11) is 0. The Kier molecular flexibility index (Phi) is 2.44. The van der Waals surface area contributed by atoms with Gasteiger partial charge in [0, 0.05) is 9.75 Å². The van der Waals surface area contributed by atoms with Crippen molar-refractivity contribution in [1.29, 1.82) is 0 Å². The molecule has 1 N–H and O–H groups in total. The summed E-state index contributed by atoms with van der Waals surface area (Å²) in [6, 6.07) is 2.31. The van der Waals surface area contributed by atoms with Crippen LogP contribution in [0.3, 0.4) is 0 Å². The highest BCUT2D eigenvalue weighted by molar-refractivity contribution is 7.12. The molecule has 0 unspecified atom stereocenters. The van der Waals surface area contributed by atoms with E-state index in [9.17, 15) is 0 Å². The van der Waals surface area contributed by atoms with Crippen molar-refractivity contribution in [1.82, 2.24) is 25.0 Å². The number of aromatic nitrogens is 5. The van der Waals surface area contributed by atoms with Crippen LogP contribution in [0.5, 0.6) is 0 Å². The van der Waals surface area contributed by atoms with Gasteiger partial charge in [0.1, 0.15) is 0 Å². The van der Waals surface area contributed by atoms with E-state index in [0.717, 1.165) is 12.4 Å². The van der Waals surface area contributed by atoms with E-state index >= 15 is 0 Å². The fourth-order valence-electron chi connectivity index (χ4n) is 2.45. The van der Waals surface area contributed by atoms with Crippen molar-refractivity contribution in [2.45, 2.75) is 25.8 Å². The third-order valence-corrected chi connectivity index (χ3v) is 4.59. The van der Waals surface area contributed by atoms with Gasteiger partial charge in [0.25, 0.3) is 0 Å². The van der Waals surface area contributed by atoms with Gasteiger partial charge in [-0.05, 0) is 41.3 Å². The third kappa shape index (κ3) is 1.86. The summed E-state index contributed by atoms with van der Waals surface area (Å²) in [4.78, 5) is 7.03. The topological polar surface area (TPSA) is 68.0 Å². The number of anilines is 1. The van der Waals surface area contributed by atoms with E-state index in [1.165, 1.54) is 29.7 Å². The lowest BCUT2D eigenvalue weighted by Gasteiger charge is -2.04. The van der Waals surface area contributed by atoms with E-state index in [-0.39, 0.29) is 0 Å². The normalized spacial score (nSPS) is 13.9. The van der Waals surface area contributed by atoms with Gasteiger partial charge in [-0.25, -0.2) is 0 Å². The molecule has 0 saturated carbocycles. The predicted molar refractivity (Wildman–Crippen MR) is 72.2 cm³/mol. The Labute approximate surface area is 113 Å². The summed E-state index contributed by atoms with van der Waals surface area (Å²) in [6.45, 7) is 0.790. The van der Waals surface area contributed by atoms with Crippen molar-refractivity contribution < 1.29 is 0 Å². The number of thiophene rings is 1. The molecule has 3 aromatic heterocycles. The Morgan fingerprint density at radius 2 is 2.32 bits per heavy atom. The van der Waals surface area contributed by atoms with Gasteiger partial charge in [0.2, 0.25) is 0 Å². The van der Waals surface area contributed by atoms with Crippen LogP contribution in [0.2, 0.25) is 0 Å². The van der Waals surface area contributed by atoms with Crippen molar-refractivity contribution in [3.05, 3.63) is 33.8 Å². The molecule has 0 radical (unpaired) electrons. The molecule has 3 aromatic rings. The van der Waals surface area contributed by atoms with Crippen LogP contribution in [0.4, 0.5) is 5.82 Å². The van der Waals surface area contributed by atoms with Gasteiger partial charge >= 0.3 is 0 Å². The predicted octanol–water partition coefficient (Wildman–Crippen LogP) is 1.68. The molecule has 0 saturated heterocycles.